The summed E-state index contributed by atoms with van der Waals surface area (Å²) in [6.45, 7) is 6.03. The van der Waals surface area contributed by atoms with Gasteiger partial charge in [0.05, 0.1) is 6.54 Å². The minimum absolute atomic E-state index is 0.207. The van der Waals surface area contributed by atoms with Crippen LogP contribution < -0.4 is 0 Å². The summed E-state index contributed by atoms with van der Waals surface area (Å²) in [6, 6.07) is 8.17. The van der Waals surface area contributed by atoms with Gasteiger partial charge in [-0.05, 0) is 25.3 Å². The summed E-state index contributed by atoms with van der Waals surface area (Å²) in [5.41, 5.74) is 0.791. The zero-order valence-corrected chi connectivity index (χ0v) is 11.9. The number of benzene rings is 1. The van der Waals surface area contributed by atoms with Crippen LogP contribution in [0.5, 0.6) is 0 Å². The molecule has 0 amide bonds. The van der Waals surface area contributed by atoms with Gasteiger partial charge in [0.2, 0.25) is 0 Å². The van der Waals surface area contributed by atoms with Crippen molar-refractivity contribution in [2.24, 2.45) is 5.92 Å². The summed E-state index contributed by atoms with van der Waals surface area (Å²) in [4.78, 5) is 14.5. The molecule has 1 fully saturated rings. The molecule has 0 radical (unpaired) electrons. The Labute approximate surface area is 111 Å². The van der Waals surface area contributed by atoms with E-state index in [0.29, 0.717) is 18.5 Å². The molecule has 1 aromatic carbocycles. The molecule has 0 saturated carbocycles. The average molecular weight is 296 g/mol. The number of Topliss-reactive ketones (excluding diaryl/α,β-unsaturated/α-hetero) is 1. The van der Waals surface area contributed by atoms with Crippen molar-refractivity contribution in [3.8, 4) is 0 Å². The molecule has 0 aliphatic carbocycles. The van der Waals surface area contributed by atoms with Gasteiger partial charge in [0.15, 0.2) is 5.78 Å². The Morgan fingerprint density at radius 3 is 2.71 bits per heavy atom. The maximum atomic E-state index is 12.2. The van der Waals surface area contributed by atoms with Crippen molar-refractivity contribution >= 4 is 21.7 Å². The lowest BCUT2D eigenvalue weighted by Crippen LogP contribution is -2.32. The second-order valence-electron chi connectivity index (χ2n) is 5.02. The first-order valence-electron chi connectivity index (χ1n) is 6.09. The van der Waals surface area contributed by atoms with E-state index in [2.05, 4.69) is 34.7 Å². The molecule has 1 heterocycles. The predicted molar refractivity (Wildman–Crippen MR) is 73.3 cm³/mol. The Bertz CT molecular complexity index is 418. The Morgan fingerprint density at radius 2 is 2.12 bits per heavy atom. The van der Waals surface area contributed by atoms with Gasteiger partial charge in [-0.15, -0.1) is 0 Å². The van der Waals surface area contributed by atoms with Gasteiger partial charge in [0.1, 0.15) is 0 Å². The van der Waals surface area contributed by atoms with Crippen molar-refractivity contribution in [3.63, 3.8) is 0 Å². The number of hydrogen-bond acceptors (Lipinski definition) is 2. The molecule has 2 atom stereocenters. The zero-order chi connectivity index (χ0) is 12.4. The van der Waals surface area contributed by atoms with Crippen molar-refractivity contribution in [2.45, 2.75) is 26.3 Å². The van der Waals surface area contributed by atoms with Crippen LogP contribution in [-0.2, 0) is 0 Å². The molecule has 0 bridgehead atoms. The first-order chi connectivity index (χ1) is 8.08. The van der Waals surface area contributed by atoms with E-state index >= 15 is 0 Å². The maximum Gasteiger partial charge on any atom is 0.177 e. The largest absolute Gasteiger partial charge is 0.293 e. The highest BCUT2D eigenvalue weighted by Gasteiger charge is 2.27. The minimum Gasteiger partial charge on any atom is -0.293 e. The number of nitrogens with zero attached hydrogens (tertiary/aromatic N) is 1. The van der Waals surface area contributed by atoms with Crippen molar-refractivity contribution in [1.82, 2.24) is 4.90 Å². The van der Waals surface area contributed by atoms with Crippen LogP contribution in [0, 0.1) is 5.92 Å². The van der Waals surface area contributed by atoms with Crippen LogP contribution in [0.15, 0.2) is 28.7 Å². The Balaban J connectivity index is 2.05. The third-order valence-corrected chi connectivity index (χ3v) is 4.13. The number of ketones is 1. The quantitative estimate of drug-likeness (QED) is 0.797. The second-order valence-corrected chi connectivity index (χ2v) is 5.88. The third-order valence-electron chi connectivity index (χ3n) is 3.43. The molecule has 2 rings (SSSR count). The van der Waals surface area contributed by atoms with E-state index in [1.54, 1.807) is 0 Å². The smallest absolute Gasteiger partial charge is 0.177 e. The third kappa shape index (κ3) is 2.96. The summed E-state index contributed by atoms with van der Waals surface area (Å²) in [7, 11) is 0. The molecular formula is C14H18BrNO. The highest BCUT2D eigenvalue weighted by Crippen LogP contribution is 2.23. The number of carbonyl (C=O) groups excluding carboxylic acids is 1. The maximum absolute atomic E-state index is 12.2. The number of carbonyl (C=O) groups is 1. The van der Waals surface area contributed by atoms with E-state index < -0.39 is 0 Å². The fourth-order valence-electron chi connectivity index (χ4n) is 2.56. The molecular weight excluding hydrogens is 278 g/mol. The topological polar surface area (TPSA) is 20.3 Å². The van der Waals surface area contributed by atoms with E-state index in [0.717, 1.165) is 16.6 Å². The first kappa shape index (κ1) is 12.8. The molecule has 2 unspecified atom stereocenters. The Hall–Kier alpha value is -0.670. The molecule has 17 heavy (non-hydrogen) atoms. The van der Waals surface area contributed by atoms with Crippen LogP contribution in [0.2, 0.25) is 0 Å². The summed E-state index contributed by atoms with van der Waals surface area (Å²) < 4.78 is 0.893. The lowest BCUT2D eigenvalue weighted by atomic mass is 10.1. The van der Waals surface area contributed by atoms with Crippen LogP contribution in [-0.4, -0.2) is 29.8 Å². The van der Waals surface area contributed by atoms with Crippen molar-refractivity contribution < 1.29 is 4.79 Å². The van der Waals surface area contributed by atoms with Gasteiger partial charge >= 0.3 is 0 Å². The van der Waals surface area contributed by atoms with Gasteiger partial charge in [-0.1, -0.05) is 41.1 Å². The standard InChI is InChI=1S/C14H18BrNO/c1-10-7-11(2)16(8-10)9-14(17)12-5-3-4-6-13(12)15/h3-6,10-11H,7-9H2,1-2H3. The van der Waals surface area contributed by atoms with E-state index in [-0.39, 0.29) is 5.78 Å². The highest BCUT2D eigenvalue weighted by molar-refractivity contribution is 9.10. The monoisotopic (exact) mass is 295 g/mol. The number of rotatable bonds is 3. The Kier molecular flexibility index (Phi) is 4.00. The zero-order valence-electron chi connectivity index (χ0n) is 10.3. The highest BCUT2D eigenvalue weighted by atomic mass is 79.9. The van der Waals surface area contributed by atoms with E-state index in [1.807, 2.05) is 24.3 Å². The molecule has 0 aromatic heterocycles. The van der Waals surface area contributed by atoms with Crippen molar-refractivity contribution in [1.29, 1.82) is 0 Å². The van der Waals surface area contributed by atoms with Crippen LogP contribution in [0.1, 0.15) is 30.6 Å². The normalized spacial score (nSPS) is 25.1. The van der Waals surface area contributed by atoms with Crippen LogP contribution >= 0.6 is 15.9 Å². The van der Waals surface area contributed by atoms with Gasteiger partial charge in [0, 0.05) is 22.6 Å². The molecule has 2 nitrogen and oxygen atoms in total. The molecule has 1 aliphatic rings. The summed E-state index contributed by atoms with van der Waals surface area (Å²) in [6.07, 6.45) is 1.20. The molecule has 1 saturated heterocycles. The SMILES string of the molecule is CC1CC(C)N(CC(=O)c2ccccc2Br)C1. The second kappa shape index (κ2) is 5.32. The van der Waals surface area contributed by atoms with E-state index in [1.165, 1.54) is 6.42 Å². The first-order valence-corrected chi connectivity index (χ1v) is 6.89. The lowest BCUT2D eigenvalue weighted by molar-refractivity contribution is 0.0924. The van der Waals surface area contributed by atoms with E-state index in [4.69, 9.17) is 0 Å². The van der Waals surface area contributed by atoms with Crippen LogP contribution in [0.25, 0.3) is 0 Å². The Morgan fingerprint density at radius 1 is 1.41 bits per heavy atom. The number of hydrogen-bond donors (Lipinski definition) is 0. The van der Waals surface area contributed by atoms with Gasteiger partial charge < -0.3 is 0 Å². The fourth-order valence-corrected chi connectivity index (χ4v) is 3.07. The molecule has 1 aromatic rings. The lowest BCUT2D eigenvalue weighted by Gasteiger charge is -2.20. The van der Waals surface area contributed by atoms with E-state index in [9.17, 15) is 4.79 Å². The van der Waals surface area contributed by atoms with Crippen molar-refractivity contribution in [2.75, 3.05) is 13.1 Å². The number of halogens is 1. The molecule has 0 N–H and O–H groups in total. The van der Waals surface area contributed by atoms with Gasteiger partial charge in [-0.25, -0.2) is 0 Å². The van der Waals surface area contributed by atoms with Crippen molar-refractivity contribution in [3.05, 3.63) is 34.3 Å². The molecule has 0 spiro atoms. The summed E-state index contributed by atoms with van der Waals surface area (Å²) >= 11 is 3.43. The van der Waals surface area contributed by atoms with Gasteiger partial charge in [-0.3, -0.25) is 9.69 Å². The number of likely N-dealkylation sites (tertiary alicyclic amines) is 1. The fraction of sp³-hybridized carbons (Fsp3) is 0.500. The summed E-state index contributed by atoms with van der Waals surface area (Å²) in [5, 5.41) is 0. The predicted octanol–water partition coefficient (Wildman–Crippen LogP) is 3.36. The molecule has 3 heteroatoms. The minimum atomic E-state index is 0.207. The van der Waals surface area contributed by atoms with Crippen LogP contribution in [0.3, 0.4) is 0 Å². The average Bonchev–Trinajstić information content (AvgIpc) is 2.58. The van der Waals surface area contributed by atoms with Gasteiger partial charge in [-0.2, -0.15) is 0 Å². The molecule has 1 aliphatic heterocycles. The van der Waals surface area contributed by atoms with Crippen LogP contribution in [0.4, 0.5) is 0 Å². The molecule has 92 valence electrons. The summed E-state index contributed by atoms with van der Waals surface area (Å²) in [5.74, 6) is 0.912. The van der Waals surface area contributed by atoms with Gasteiger partial charge in [0.25, 0.3) is 0 Å².